The average molecular weight is 265 g/mol. The van der Waals surface area contributed by atoms with E-state index < -0.39 is 17.7 Å². The minimum atomic E-state index is -0.880. The molecule has 0 bridgehead atoms. The Kier molecular flexibility index (Phi) is 3.46. The van der Waals surface area contributed by atoms with Crippen LogP contribution in [0.25, 0.3) is 10.9 Å². The number of ether oxygens (including phenoxy) is 1. The van der Waals surface area contributed by atoms with Crippen LogP contribution in [0.4, 0.5) is 4.39 Å². The molecule has 0 saturated carbocycles. The summed E-state index contributed by atoms with van der Waals surface area (Å²) in [7, 11) is 1.39. The molecule has 1 unspecified atom stereocenters. The number of aliphatic carboxylic acids is 1. The van der Waals surface area contributed by atoms with E-state index in [0.29, 0.717) is 22.9 Å². The molecule has 0 spiro atoms. The van der Waals surface area contributed by atoms with Crippen LogP contribution in [0.15, 0.2) is 12.1 Å². The second kappa shape index (κ2) is 4.91. The van der Waals surface area contributed by atoms with Crippen LogP contribution in [0, 0.1) is 12.7 Å². The van der Waals surface area contributed by atoms with Gasteiger partial charge in [0.2, 0.25) is 0 Å². The van der Waals surface area contributed by atoms with Gasteiger partial charge in [0.05, 0.1) is 13.0 Å². The monoisotopic (exact) mass is 265 g/mol. The molecule has 2 N–H and O–H groups in total. The lowest BCUT2D eigenvalue weighted by Crippen LogP contribution is -2.11. The van der Waals surface area contributed by atoms with Crippen molar-refractivity contribution in [2.45, 2.75) is 26.2 Å². The van der Waals surface area contributed by atoms with Crippen LogP contribution in [-0.2, 0) is 4.79 Å². The van der Waals surface area contributed by atoms with E-state index in [9.17, 15) is 14.3 Å². The highest BCUT2D eigenvalue weighted by Crippen LogP contribution is 2.34. The fraction of sp³-hybridized carbons (Fsp3) is 0.357. The summed E-state index contributed by atoms with van der Waals surface area (Å²) in [6.45, 7) is 3.61. The summed E-state index contributed by atoms with van der Waals surface area (Å²) in [5, 5.41) is 9.99. The lowest BCUT2D eigenvalue weighted by atomic mass is 9.94. The zero-order valence-corrected chi connectivity index (χ0v) is 11.1. The molecule has 2 rings (SSSR count). The zero-order chi connectivity index (χ0) is 14.2. The van der Waals surface area contributed by atoms with E-state index in [1.807, 2.05) is 6.92 Å². The van der Waals surface area contributed by atoms with E-state index in [2.05, 4.69) is 4.98 Å². The maximum absolute atomic E-state index is 13.6. The summed E-state index contributed by atoms with van der Waals surface area (Å²) in [6.07, 6.45) is 0.475. The van der Waals surface area contributed by atoms with Crippen molar-refractivity contribution < 1.29 is 19.0 Å². The van der Waals surface area contributed by atoms with Crippen molar-refractivity contribution in [3.8, 4) is 5.75 Å². The molecule has 1 heterocycles. The van der Waals surface area contributed by atoms with Crippen molar-refractivity contribution in [2.24, 2.45) is 0 Å². The van der Waals surface area contributed by atoms with Gasteiger partial charge in [0.1, 0.15) is 0 Å². The van der Waals surface area contributed by atoms with Crippen LogP contribution in [0.1, 0.15) is 30.5 Å². The highest BCUT2D eigenvalue weighted by atomic mass is 19.1. The van der Waals surface area contributed by atoms with Gasteiger partial charge in [-0.15, -0.1) is 0 Å². The molecule has 0 aliphatic rings. The van der Waals surface area contributed by atoms with Gasteiger partial charge in [0.25, 0.3) is 0 Å². The van der Waals surface area contributed by atoms with E-state index in [-0.39, 0.29) is 5.75 Å². The molecular formula is C14H16FNO3. The molecule has 1 aromatic heterocycles. The van der Waals surface area contributed by atoms with E-state index in [1.165, 1.54) is 13.2 Å². The third-order valence-electron chi connectivity index (χ3n) is 3.36. The predicted molar refractivity (Wildman–Crippen MR) is 70.2 cm³/mol. The molecule has 0 amide bonds. The van der Waals surface area contributed by atoms with Crippen LogP contribution >= 0.6 is 0 Å². The average Bonchev–Trinajstić information content (AvgIpc) is 2.65. The number of hydrogen-bond donors (Lipinski definition) is 2. The van der Waals surface area contributed by atoms with Gasteiger partial charge in [-0.2, -0.15) is 0 Å². The number of methoxy groups -OCH3 is 1. The predicted octanol–water partition coefficient (Wildman–Crippen LogP) is 3.20. The first kappa shape index (κ1) is 13.4. The minimum absolute atomic E-state index is 0.119. The summed E-state index contributed by atoms with van der Waals surface area (Å²) >= 11 is 0. The Morgan fingerprint density at radius 3 is 2.74 bits per heavy atom. The Labute approximate surface area is 110 Å². The van der Waals surface area contributed by atoms with Gasteiger partial charge in [-0.25, -0.2) is 4.39 Å². The number of hydrogen-bond acceptors (Lipinski definition) is 2. The Morgan fingerprint density at radius 2 is 2.21 bits per heavy atom. The number of H-pyrrole nitrogens is 1. The first-order valence-electron chi connectivity index (χ1n) is 6.08. The number of carboxylic acid groups (broad SMARTS) is 1. The van der Waals surface area contributed by atoms with Crippen molar-refractivity contribution in [1.29, 1.82) is 0 Å². The zero-order valence-electron chi connectivity index (χ0n) is 11.1. The third kappa shape index (κ3) is 2.16. The van der Waals surface area contributed by atoms with Gasteiger partial charge in [0.15, 0.2) is 11.6 Å². The molecule has 0 fully saturated rings. The SMILES string of the molecule is CCC(C(=O)O)c1c(C)[nH]c2cc(F)c(OC)cc12. The molecule has 0 aliphatic heterocycles. The van der Waals surface area contributed by atoms with E-state index >= 15 is 0 Å². The van der Waals surface area contributed by atoms with Crippen LogP contribution < -0.4 is 4.74 Å². The Morgan fingerprint density at radius 1 is 1.53 bits per heavy atom. The number of aryl methyl sites for hydroxylation is 1. The topological polar surface area (TPSA) is 62.3 Å². The Hall–Kier alpha value is -2.04. The van der Waals surface area contributed by atoms with E-state index in [1.54, 1.807) is 13.0 Å². The van der Waals surface area contributed by atoms with Gasteiger partial charge in [-0.3, -0.25) is 4.79 Å². The van der Waals surface area contributed by atoms with Crippen LogP contribution in [0.5, 0.6) is 5.75 Å². The van der Waals surface area contributed by atoms with Gasteiger partial charge in [-0.1, -0.05) is 6.92 Å². The second-order valence-corrected chi connectivity index (χ2v) is 4.50. The fourth-order valence-electron chi connectivity index (χ4n) is 2.46. The number of benzene rings is 1. The maximum Gasteiger partial charge on any atom is 0.311 e. The molecule has 0 aliphatic carbocycles. The van der Waals surface area contributed by atoms with Gasteiger partial charge >= 0.3 is 5.97 Å². The number of aromatic amines is 1. The number of carbonyl (C=O) groups is 1. The van der Waals surface area contributed by atoms with Crippen LogP contribution in [-0.4, -0.2) is 23.2 Å². The standard InChI is InChI=1S/C14H16FNO3/c1-4-8(14(17)18)13-7(2)16-11-6-10(15)12(19-3)5-9(11)13/h5-6,8,16H,4H2,1-3H3,(H,17,18). The lowest BCUT2D eigenvalue weighted by molar-refractivity contribution is -0.138. The molecule has 102 valence electrons. The number of halogens is 1. The summed E-state index contributed by atoms with van der Waals surface area (Å²) in [5.41, 5.74) is 2.03. The van der Waals surface area contributed by atoms with E-state index in [0.717, 1.165) is 5.69 Å². The van der Waals surface area contributed by atoms with Gasteiger partial charge in [0, 0.05) is 22.7 Å². The van der Waals surface area contributed by atoms with Crippen LogP contribution in [0.2, 0.25) is 0 Å². The molecule has 2 aromatic rings. The summed E-state index contributed by atoms with van der Waals surface area (Å²) in [6, 6.07) is 2.88. The van der Waals surface area contributed by atoms with Crippen molar-refractivity contribution in [3.63, 3.8) is 0 Å². The molecule has 0 radical (unpaired) electrons. The molecule has 0 saturated heterocycles. The molecule has 5 heteroatoms. The fourth-order valence-corrected chi connectivity index (χ4v) is 2.46. The minimum Gasteiger partial charge on any atom is -0.494 e. The molecule has 4 nitrogen and oxygen atoms in total. The van der Waals surface area contributed by atoms with Crippen molar-refractivity contribution in [2.75, 3.05) is 7.11 Å². The number of carboxylic acids is 1. The van der Waals surface area contributed by atoms with Crippen molar-refractivity contribution in [1.82, 2.24) is 4.98 Å². The summed E-state index contributed by atoms with van der Waals surface area (Å²) in [4.78, 5) is 14.4. The smallest absolute Gasteiger partial charge is 0.311 e. The first-order chi connectivity index (χ1) is 8.99. The number of fused-ring (bicyclic) bond motifs is 1. The summed E-state index contributed by atoms with van der Waals surface area (Å²) < 4.78 is 18.6. The van der Waals surface area contributed by atoms with Crippen molar-refractivity contribution >= 4 is 16.9 Å². The Bertz CT molecular complexity index is 633. The van der Waals surface area contributed by atoms with Gasteiger partial charge in [-0.05, 0) is 25.0 Å². The van der Waals surface area contributed by atoms with Crippen LogP contribution in [0.3, 0.4) is 0 Å². The van der Waals surface area contributed by atoms with Crippen molar-refractivity contribution in [3.05, 3.63) is 29.2 Å². The normalized spacial score (nSPS) is 12.6. The third-order valence-corrected chi connectivity index (χ3v) is 3.36. The van der Waals surface area contributed by atoms with Gasteiger partial charge < -0.3 is 14.8 Å². The highest BCUT2D eigenvalue weighted by Gasteiger charge is 2.24. The quantitative estimate of drug-likeness (QED) is 0.892. The lowest BCUT2D eigenvalue weighted by Gasteiger charge is -2.11. The van der Waals surface area contributed by atoms with E-state index in [4.69, 9.17) is 4.74 Å². The molecular weight excluding hydrogens is 249 g/mol. The molecule has 19 heavy (non-hydrogen) atoms. The molecule has 1 aromatic carbocycles. The largest absolute Gasteiger partial charge is 0.494 e. The number of nitrogens with one attached hydrogen (secondary N) is 1. The maximum atomic E-state index is 13.6. The second-order valence-electron chi connectivity index (χ2n) is 4.50. The first-order valence-corrected chi connectivity index (χ1v) is 6.08. The number of rotatable bonds is 4. The Balaban J connectivity index is 2.73. The highest BCUT2D eigenvalue weighted by molar-refractivity contribution is 5.91. The summed E-state index contributed by atoms with van der Waals surface area (Å²) in [5.74, 6) is -1.84. The molecule has 1 atom stereocenters. The number of aromatic nitrogens is 1.